The Bertz CT molecular complexity index is 1310. The minimum atomic E-state index is -4.63. The van der Waals surface area contributed by atoms with Gasteiger partial charge in [0.1, 0.15) is 5.75 Å². The van der Waals surface area contributed by atoms with Crippen molar-refractivity contribution in [3.05, 3.63) is 71.8 Å². The van der Waals surface area contributed by atoms with E-state index in [2.05, 4.69) is 5.32 Å². The number of alkyl halides is 3. The number of ether oxygens (including phenoxy) is 3. The highest BCUT2D eigenvalue weighted by atomic mass is 19.4. The molecule has 1 saturated heterocycles. The fourth-order valence-electron chi connectivity index (χ4n) is 3.95. The Morgan fingerprint density at radius 3 is 2.57 bits per heavy atom. The zero-order chi connectivity index (χ0) is 24.6. The number of nitrogens with one attached hydrogen (secondary N) is 1. The average molecular weight is 484 g/mol. The van der Waals surface area contributed by atoms with Crippen LogP contribution in [0.5, 0.6) is 23.0 Å². The zero-order valence-corrected chi connectivity index (χ0v) is 18.2. The molecule has 7 nitrogen and oxygen atoms in total. The van der Waals surface area contributed by atoms with Crippen molar-refractivity contribution in [3.63, 3.8) is 0 Å². The van der Waals surface area contributed by atoms with Crippen LogP contribution in [0.1, 0.15) is 28.8 Å². The van der Waals surface area contributed by atoms with Gasteiger partial charge in [-0.3, -0.25) is 9.59 Å². The first-order chi connectivity index (χ1) is 16.8. The van der Waals surface area contributed by atoms with Gasteiger partial charge >= 0.3 is 6.18 Å². The number of hydrogen-bond donors (Lipinski definition) is 1. The van der Waals surface area contributed by atoms with Crippen LogP contribution in [-0.4, -0.2) is 25.2 Å². The molecule has 0 radical (unpaired) electrons. The maximum atomic E-state index is 13.4. The van der Waals surface area contributed by atoms with Crippen LogP contribution in [0.3, 0.4) is 0 Å². The first-order valence-corrected chi connectivity index (χ1v) is 10.8. The standard InChI is InChI=1S/C25H19F3N2O5/c26-25(27,28)15-7-9-20(35-16-8-10-21-22(13-16)34-14-33-21)18(12-15)29-24(32)17-4-1-2-5-19(17)30-11-3-6-23(30)31/h1-2,4-5,7-10,12-13H,3,6,11,14H2,(H,29,32). The summed E-state index contributed by atoms with van der Waals surface area (Å²) in [5.74, 6) is 0.453. The lowest BCUT2D eigenvalue weighted by molar-refractivity contribution is -0.137. The Morgan fingerprint density at radius 1 is 1.00 bits per heavy atom. The lowest BCUT2D eigenvalue weighted by Gasteiger charge is -2.20. The molecule has 0 aromatic heterocycles. The van der Waals surface area contributed by atoms with Gasteiger partial charge in [0.2, 0.25) is 12.7 Å². The Labute approximate surface area is 198 Å². The molecule has 1 N–H and O–H groups in total. The molecular weight excluding hydrogens is 465 g/mol. The fourth-order valence-corrected chi connectivity index (χ4v) is 3.95. The molecule has 1 fully saturated rings. The summed E-state index contributed by atoms with van der Waals surface area (Å²) in [5, 5.41) is 2.53. The second-order valence-electron chi connectivity index (χ2n) is 7.95. The number of carbonyl (C=O) groups is 2. The second-order valence-corrected chi connectivity index (χ2v) is 7.95. The summed E-state index contributed by atoms with van der Waals surface area (Å²) in [5.41, 5.74) is -0.564. The third-order valence-corrected chi connectivity index (χ3v) is 5.64. The zero-order valence-electron chi connectivity index (χ0n) is 18.2. The number of rotatable bonds is 5. The number of benzene rings is 3. The van der Waals surface area contributed by atoms with Gasteiger partial charge in [0, 0.05) is 19.0 Å². The average Bonchev–Trinajstić information content (AvgIpc) is 3.47. The highest BCUT2D eigenvalue weighted by molar-refractivity contribution is 6.11. The Kier molecular flexibility index (Phi) is 5.72. The van der Waals surface area contributed by atoms with Crippen molar-refractivity contribution in [1.82, 2.24) is 0 Å². The molecule has 3 aromatic carbocycles. The van der Waals surface area contributed by atoms with E-state index in [4.69, 9.17) is 14.2 Å². The van der Waals surface area contributed by atoms with Crippen molar-refractivity contribution < 1.29 is 37.0 Å². The lowest BCUT2D eigenvalue weighted by Crippen LogP contribution is -2.27. The van der Waals surface area contributed by atoms with E-state index in [1.807, 2.05) is 0 Å². The van der Waals surface area contributed by atoms with E-state index < -0.39 is 17.6 Å². The number of carbonyl (C=O) groups excluding carboxylic acids is 2. The van der Waals surface area contributed by atoms with Crippen molar-refractivity contribution in [1.29, 1.82) is 0 Å². The van der Waals surface area contributed by atoms with Crippen LogP contribution in [0.2, 0.25) is 0 Å². The molecule has 180 valence electrons. The monoisotopic (exact) mass is 484 g/mol. The lowest BCUT2D eigenvalue weighted by atomic mass is 10.1. The van der Waals surface area contributed by atoms with Gasteiger partial charge < -0.3 is 24.4 Å². The van der Waals surface area contributed by atoms with E-state index in [0.717, 1.165) is 18.2 Å². The molecule has 2 aliphatic rings. The van der Waals surface area contributed by atoms with Gasteiger partial charge in [0.15, 0.2) is 17.2 Å². The van der Waals surface area contributed by atoms with Crippen molar-refractivity contribution in [2.75, 3.05) is 23.6 Å². The summed E-state index contributed by atoms with van der Waals surface area (Å²) in [7, 11) is 0. The maximum Gasteiger partial charge on any atom is 0.416 e. The van der Waals surface area contributed by atoms with E-state index in [-0.39, 0.29) is 35.4 Å². The van der Waals surface area contributed by atoms with Crippen LogP contribution in [0.15, 0.2) is 60.7 Å². The molecule has 35 heavy (non-hydrogen) atoms. The van der Waals surface area contributed by atoms with Crippen molar-refractivity contribution in [2.24, 2.45) is 0 Å². The summed E-state index contributed by atoms with van der Waals surface area (Å²) in [6, 6.07) is 14.0. The van der Waals surface area contributed by atoms with Gasteiger partial charge in [0.25, 0.3) is 5.91 Å². The van der Waals surface area contributed by atoms with Crippen LogP contribution in [-0.2, 0) is 11.0 Å². The van der Waals surface area contributed by atoms with Gasteiger partial charge in [-0.05, 0) is 48.9 Å². The smallest absolute Gasteiger partial charge is 0.416 e. The third-order valence-electron chi connectivity index (χ3n) is 5.64. The van der Waals surface area contributed by atoms with E-state index in [1.165, 1.54) is 11.0 Å². The van der Waals surface area contributed by atoms with Gasteiger partial charge in [0.05, 0.1) is 22.5 Å². The number of amides is 2. The molecule has 10 heteroatoms. The molecule has 0 spiro atoms. The molecule has 0 unspecified atom stereocenters. The molecule has 2 amide bonds. The summed E-state index contributed by atoms with van der Waals surface area (Å²) < 4.78 is 56.6. The predicted molar refractivity (Wildman–Crippen MR) is 120 cm³/mol. The normalized spacial score (nSPS) is 14.8. The molecule has 3 aromatic rings. The summed E-state index contributed by atoms with van der Waals surface area (Å²) in [4.78, 5) is 26.9. The predicted octanol–water partition coefficient (Wildman–Crippen LogP) is 5.61. The van der Waals surface area contributed by atoms with Crippen molar-refractivity contribution in [3.8, 4) is 23.0 Å². The summed E-state index contributed by atoms with van der Waals surface area (Å²) in [6.45, 7) is 0.518. The van der Waals surface area contributed by atoms with E-state index in [0.29, 0.717) is 36.6 Å². The van der Waals surface area contributed by atoms with E-state index in [9.17, 15) is 22.8 Å². The Hall–Kier alpha value is -4.21. The molecule has 0 saturated carbocycles. The van der Waals surface area contributed by atoms with Crippen molar-refractivity contribution >= 4 is 23.2 Å². The van der Waals surface area contributed by atoms with Crippen LogP contribution in [0.4, 0.5) is 24.5 Å². The minimum absolute atomic E-state index is 0.0000506. The topological polar surface area (TPSA) is 77.1 Å². The molecule has 5 rings (SSSR count). The molecule has 2 heterocycles. The van der Waals surface area contributed by atoms with Gasteiger partial charge in [-0.2, -0.15) is 13.2 Å². The van der Waals surface area contributed by atoms with Gasteiger partial charge in [-0.1, -0.05) is 12.1 Å². The number of halogens is 3. The van der Waals surface area contributed by atoms with E-state index >= 15 is 0 Å². The number of anilines is 2. The SMILES string of the molecule is O=C(Nc1cc(C(F)(F)F)ccc1Oc1ccc2c(c1)OCO2)c1ccccc1N1CCCC1=O. The molecule has 0 bridgehead atoms. The van der Waals surface area contributed by atoms with Gasteiger partial charge in [-0.15, -0.1) is 0 Å². The number of para-hydroxylation sites is 1. The Balaban J connectivity index is 1.48. The first-order valence-electron chi connectivity index (χ1n) is 10.8. The van der Waals surface area contributed by atoms with Crippen LogP contribution in [0.25, 0.3) is 0 Å². The van der Waals surface area contributed by atoms with Crippen molar-refractivity contribution in [2.45, 2.75) is 19.0 Å². The number of fused-ring (bicyclic) bond motifs is 1. The Morgan fingerprint density at radius 2 is 1.80 bits per heavy atom. The summed E-state index contributed by atoms with van der Waals surface area (Å²) >= 11 is 0. The highest BCUT2D eigenvalue weighted by Crippen LogP contribution is 2.40. The molecule has 0 atom stereocenters. The maximum absolute atomic E-state index is 13.4. The number of hydrogen-bond acceptors (Lipinski definition) is 5. The fraction of sp³-hybridized carbons (Fsp3) is 0.200. The quantitative estimate of drug-likeness (QED) is 0.510. The van der Waals surface area contributed by atoms with Crippen LogP contribution < -0.4 is 24.4 Å². The van der Waals surface area contributed by atoms with E-state index in [1.54, 1.807) is 36.4 Å². The summed E-state index contributed by atoms with van der Waals surface area (Å²) in [6.07, 6.45) is -3.59. The van der Waals surface area contributed by atoms with Crippen LogP contribution in [0, 0.1) is 0 Å². The molecular formula is C25H19F3N2O5. The second kappa shape index (κ2) is 8.86. The third kappa shape index (κ3) is 4.59. The van der Waals surface area contributed by atoms with Gasteiger partial charge in [-0.25, -0.2) is 0 Å². The molecule has 2 aliphatic heterocycles. The first kappa shape index (κ1) is 22.6. The highest BCUT2D eigenvalue weighted by Gasteiger charge is 2.32. The van der Waals surface area contributed by atoms with Crippen LogP contribution >= 0.6 is 0 Å². The number of nitrogens with zero attached hydrogens (tertiary/aromatic N) is 1. The molecule has 0 aliphatic carbocycles. The largest absolute Gasteiger partial charge is 0.455 e. The minimum Gasteiger partial charge on any atom is -0.455 e.